The van der Waals surface area contributed by atoms with E-state index in [1.54, 1.807) is 6.07 Å². The predicted octanol–water partition coefficient (Wildman–Crippen LogP) is 1.74. The molecule has 3 heteroatoms. The zero-order chi connectivity index (χ0) is 9.26. The molecule has 0 spiro atoms. The van der Waals surface area contributed by atoms with Gasteiger partial charge in [-0.05, 0) is 19.8 Å². The number of rotatable bonds is 1. The van der Waals surface area contributed by atoms with Crippen molar-refractivity contribution in [3.8, 4) is 0 Å². The van der Waals surface area contributed by atoms with Crippen LogP contribution in [0.2, 0.25) is 0 Å². The van der Waals surface area contributed by atoms with E-state index in [9.17, 15) is 4.79 Å². The molecule has 1 aliphatic rings. The van der Waals surface area contributed by atoms with Crippen molar-refractivity contribution in [2.24, 2.45) is 0 Å². The van der Waals surface area contributed by atoms with Crippen molar-refractivity contribution in [3.63, 3.8) is 0 Å². The molecule has 1 fully saturated rings. The maximum absolute atomic E-state index is 11.2. The van der Waals surface area contributed by atoms with Crippen LogP contribution in [0.3, 0.4) is 0 Å². The number of nitrogens with one attached hydrogen (secondary N) is 1. The number of aromatic amines is 1. The van der Waals surface area contributed by atoms with Crippen LogP contribution in [-0.4, -0.2) is 9.97 Å². The van der Waals surface area contributed by atoms with Gasteiger partial charge in [0.15, 0.2) is 0 Å². The first-order chi connectivity index (χ1) is 6.25. The Morgan fingerprint density at radius 2 is 2.15 bits per heavy atom. The molecule has 1 heterocycles. The fraction of sp³-hybridized carbons (Fsp3) is 0.600. The van der Waals surface area contributed by atoms with E-state index in [4.69, 9.17) is 0 Å². The molecule has 0 atom stereocenters. The Kier molecular flexibility index (Phi) is 2.17. The van der Waals surface area contributed by atoms with Crippen LogP contribution < -0.4 is 5.56 Å². The Morgan fingerprint density at radius 3 is 2.77 bits per heavy atom. The van der Waals surface area contributed by atoms with Crippen molar-refractivity contribution in [3.05, 3.63) is 27.9 Å². The van der Waals surface area contributed by atoms with Gasteiger partial charge in [-0.1, -0.05) is 12.8 Å². The topological polar surface area (TPSA) is 45.8 Å². The highest BCUT2D eigenvalue weighted by atomic mass is 16.1. The lowest BCUT2D eigenvalue weighted by molar-refractivity contribution is 0.686. The second kappa shape index (κ2) is 3.32. The van der Waals surface area contributed by atoms with E-state index in [0.29, 0.717) is 5.92 Å². The van der Waals surface area contributed by atoms with E-state index in [-0.39, 0.29) is 5.56 Å². The number of aromatic nitrogens is 2. The van der Waals surface area contributed by atoms with Gasteiger partial charge in [0.1, 0.15) is 5.82 Å². The van der Waals surface area contributed by atoms with Gasteiger partial charge in [-0.3, -0.25) is 4.79 Å². The number of hydrogen-bond acceptors (Lipinski definition) is 2. The van der Waals surface area contributed by atoms with Gasteiger partial charge in [0, 0.05) is 12.0 Å². The average molecular weight is 178 g/mol. The molecule has 0 aromatic carbocycles. The number of aryl methyl sites for hydroxylation is 1. The Labute approximate surface area is 77.2 Å². The highest BCUT2D eigenvalue weighted by Gasteiger charge is 2.18. The molecule has 3 nitrogen and oxygen atoms in total. The molecule has 0 bridgehead atoms. The molecular weight excluding hydrogens is 164 g/mol. The van der Waals surface area contributed by atoms with E-state index in [1.807, 2.05) is 6.92 Å². The van der Waals surface area contributed by atoms with Crippen molar-refractivity contribution in [2.45, 2.75) is 38.5 Å². The normalized spacial score (nSPS) is 17.9. The van der Waals surface area contributed by atoms with Crippen LogP contribution in [0.25, 0.3) is 0 Å². The van der Waals surface area contributed by atoms with E-state index in [0.717, 1.165) is 11.5 Å². The first kappa shape index (κ1) is 8.48. The van der Waals surface area contributed by atoms with Crippen LogP contribution in [0.1, 0.15) is 43.1 Å². The third-order valence-corrected chi connectivity index (χ3v) is 2.65. The van der Waals surface area contributed by atoms with Crippen LogP contribution in [0.4, 0.5) is 0 Å². The van der Waals surface area contributed by atoms with Crippen molar-refractivity contribution in [1.82, 2.24) is 9.97 Å². The van der Waals surface area contributed by atoms with Gasteiger partial charge in [0.25, 0.3) is 5.56 Å². The van der Waals surface area contributed by atoms with Gasteiger partial charge >= 0.3 is 0 Å². The predicted molar refractivity (Wildman–Crippen MR) is 50.8 cm³/mol. The number of H-pyrrole nitrogens is 1. The summed E-state index contributed by atoms with van der Waals surface area (Å²) in [5, 5.41) is 0. The Bertz CT molecular complexity index is 350. The molecule has 70 valence electrons. The summed E-state index contributed by atoms with van der Waals surface area (Å²) in [5.74, 6) is 1.26. The molecule has 1 saturated carbocycles. The molecule has 1 aromatic heterocycles. The molecule has 0 saturated heterocycles. The summed E-state index contributed by atoms with van der Waals surface area (Å²) in [6, 6.07) is 1.64. The van der Waals surface area contributed by atoms with E-state index < -0.39 is 0 Å². The van der Waals surface area contributed by atoms with E-state index in [2.05, 4.69) is 9.97 Å². The van der Waals surface area contributed by atoms with Crippen molar-refractivity contribution in [1.29, 1.82) is 0 Å². The highest BCUT2D eigenvalue weighted by Crippen LogP contribution is 2.32. The van der Waals surface area contributed by atoms with Gasteiger partial charge in [-0.2, -0.15) is 0 Å². The van der Waals surface area contributed by atoms with Gasteiger partial charge < -0.3 is 4.98 Å². The first-order valence-corrected chi connectivity index (χ1v) is 4.83. The van der Waals surface area contributed by atoms with Gasteiger partial charge in [0.05, 0.1) is 5.69 Å². The molecule has 0 amide bonds. The smallest absolute Gasteiger partial charge is 0.251 e. The zero-order valence-corrected chi connectivity index (χ0v) is 7.84. The van der Waals surface area contributed by atoms with Crippen molar-refractivity contribution < 1.29 is 0 Å². The summed E-state index contributed by atoms with van der Waals surface area (Å²) in [7, 11) is 0. The van der Waals surface area contributed by atoms with Gasteiger partial charge in [0.2, 0.25) is 0 Å². The molecule has 0 unspecified atom stereocenters. The molecule has 2 rings (SSSR count). The quantitative estimate of drug-likeness (QED) is 0.712. The maximum atomic E-state index is 11.2. The molecule has 1 aromatic rings. The summed E-state index contributed by atoms with van der Waals surface area (Å²) in [6.07, 6.45) is 4.93. The lowest BCUT2D eigenvalue weighted by Gasteiger charge is -2.07. The fourth-order valence-electron chi connectivity index (χ4n) is 2.03. The lowest BCUT2D eigenvalue weighted by atomic mass is 10.0. The summed E-state index contributed by atoms with van der Waals surface area (Å²) < 4.78 is 0. The van der Waals surface area contributed by atoms with Crippen LogP contribution >= 0.6 is 0 Å². The Balaban J connectivity index is 2.33. The van der Waals surface area contributed by atoms with Gasteiger partial charge in [-0.25, -0.2) is 4.98 Å². The maximum Gasteiger partial charge on any atom is 0.251 e. The number of nitrogens with zero attached hydrogens (tertiary/aromatic N) is 1. The third kappa shape index (κ3) is 1.79. The monoisotopic (exact) mass is 178 g/mol. The van der Waals surface area contributed by atoms with E-state index in [1.165, 1.54) is 25.7 Å². The molecule has 1 N–H and O–H groups in total. The largest absolute Gasteiger partial charge is 0.311 e. The van der Waals surface area contributed by atoms with Gasteiger partial charge in [-0.15, -0.1) is 0 Å². The van der Waals surface area contributed by atoms with Crippen molar-refractivity contribution in [2.75, 3.05) is 0 Å². The third-order valence-electron chi connectivity index (χ3n) is 2.65. The Hall–Kier alpha value is -1.12. The zero-order valence-electron chi connectivity index (χ0n) is 7.84. The Morgan fingerprint density at radius 1 is 1.46 bits per heavy atom. The summed E-state index contributed by atoms with van der Waals surface area (Å²) in [4.78, 5) is 18.2. The molecule has 0 aliphatic heterocycles. The molecule has 13 heavy (non-hydrogen) atoms. The lowest BCUT2D eigenvalue weighted by Crippen LogP contribution is -2.12. The second-order valence-electron chi connectivity index (χ2n) is 3.74. The van der Waals surface area contributed by atoms with E-state index >= 15 is 0 Å². The summed E-state index contributed by atoms with van der Waals surface area (Å²) in [5.41, 5.74) is 0.966. The summed E-state index contributed by atoms with van der Waals surface area (Å²) in [6.45, 7) is 1.83. The minimum absolute atomic E-state index is 0.0191. The van der Waals surface area contributed by atoms with Crippen LogP contribution in [0, 0.1) is 6.92 Å². The SMILES string of the molecule is Cc1nc(C2CCCC2)cc(=O)[nH]1. The van der Waals surface area contributed by atoms with Crippen LogP contribution in [0.15, 0.2) is 10.9 Å². The minimum atomic E-state index is -0.0191. The van der Waals surface area contributed by atoms with Crippen LogP contribution in [0.5, 0.6) is 0 Å². The molecule has 1 aliphatic carbocycles. The minimum Gasteiger partial charge on any atom is -0.311 e. The number of hydrogen-bond donors (Lipinski definition) is 1. The summed E-state index contributed by atoms with van der Waals surface area (Å²) >= 11 is 0. The standard InChI is InChI=1S/C10H14N2O/c1-7-11-9(6-10(13)12-7)8-4-2-3-5-8/h6,8H,2-5H2,1H3,(H,11,12,13). The van der Waals surface area contributed by atoms with Crippen LogP contribution in [-0.2, 0) is 0 Å². The fourth-order valence-corrected chi connectivity index (χ4v) is 2.03. The van der Waals surface area contributed by atoms with Crippen molar-refractivity contribution >= 4 is 0 Å². The second-order valence-corrected chi connectivity index (χ2v) is 3.74. The molecule has 0 radical (unpaired) electrons. The molecular formula is C10H14N2O. The first-order valence-electron chi connectivity index (χ1n) is 4.83. The highest BCUT2D eigenvalue weighted by molar-refractivity contribution is 5.09. The average Bonchev–Trinajstić information content (AvgIpc) is 2.53.